The molecule has 1 heterocycles. The molecule has 3 N–H and O–H groups in total. The van der Waals surface area contributed by atoms with Crippen LogP contribution in [0.2, 0.25) is 0 Å². The lowest BCUT2D eigenvalue weighted by molar-refractivity contribution is 0.850. The topological polar surface area (TPSA) is 87.6 Å². The van der Waals surface area contributed by atoms with Gasteiger partial charge in [0, 0.05) is 5.69 Å². The number of nitrogens with one attached hydrogen (secondary N) is 1. The third-order valence-corrected chi connectivity index (χ3v) is 3.33. The highest BCUT2D eigenvalue weighted by Gasteiger charge is 2.13. The molecule has 0 spiro atoms. The second-order valence-electron chi connectivity index (χ2n) is 4.78. The van der Waals surface area contributed by atoms with Crippen LogP contribution in [0.25, 0.3) is 0 Å². The monoisotopic (exact) mass is 267 g/mol. The lowest BCUT2D eigenvalue weighted by Crippen LogP contribution is -2.12. The number of rotatable bonds is 3. The SMILES string of the molecule is Cc1nnc(NC(C)c2cccc(N)c2)c(C#N)c1C. The molecule has 20 heavy (non-hydrogen) atoms. The number of anilines is 2. The molecule has 1 unspecified atom stereocenters. The van der Waals surface area contributed by atoms with Gasteiger partial charge in [-0.1, -0.05) is 12.1 Å². The molecule has 102 valence electrons. The van der Waals surface area contributed by atoms with E-state index >= 15 is 0 Å². The zero-order valence-electron chi connectivity index (χ0n) is 11.8. The maximum Gasteiger partial charge on any atom is 0.167 e. The van der Waals surface area contributed by atoms with Gasteiger partial charge in [0.25, 0.3) is 0 Å². The van der Waals surface area contributed by atoms with Crippen LogP contribution in [-0.2, 0) is 0 Å². The molecule has 0 radical (unpaired) electrons. The molecule has 1 aromatic heterocycles. The summed E-state index contributed by atoms with van der Waals surface area (Å²) in [5, 5.41) is 20.6. The van der Waals surface area contributed by atoms with Crippen molar-refractivity contribution in [1.29, 1.82) is 5.26 Å². The van der Waals surface area contributed by atoms with E-state index in [1.165, 1.54) is 0 Å². The molecular formula is C15H17N5. The Labute approximate surface area is 118 Å². The van der Waals surface area contributed by atoms with Crippen molar-refractivity contribution < 1.29 is 0 Å². The lowest BCUT2D eigenvalue weighted by atomic mass is 10.1. The predicted octanol–water partition coefficient (Wildman–Crippen LogP) is 2.72. The van der Waals surface area contributed by atoms with Gasteiger partial charge in [-0.25, -0.2) is 0 Å². The summed E-state index contributed by atoms with van der Waals surface area (Å²) >= 11 is 0. The van der Waals surface area contributed by atoms with Crippen LogP contribution >= 0.6 is 0 Å². The van der Waals surface area contributed by atoms with Crippen molar-refractivity contribution in [3.63, 3.8) is 0 Å². The van der Waals surface area contributed by atoms with E-state index in [2.05, 4.69) is 21.6 Å². The van der Waals surface area contributed by atoms with Crippen LogP contribution < -0.4 is 11.1 Å². The molecule has 0 aliphatic rings. The summed E-state index contributed by atoms with van der Waals surface area (Å²) in [5.41, 5.74) is 9.68. The number of hydrogen-bond donors (Lipinski definition) is 2. The molecule has 0 aliphatic carbocycles. The van der Waals surface area contributed by atoms with Crippen molar-refractivity contribution in [1.82, 2.24) is 10.2 Å². The normalized spacial score (nSPS) is 11.7. The summed E-state index contributed by atoms with van der Waals surface area (Å²) in [5.74, 6) is 0.505. The average Bonchev–Trinajstić information content (AvgIpc) is 2.43. The molecule has 2 aromatic rings. The predicted molar refractivity (Wildman–Crippen MR) is 79.1 cm³/mol. The first kappa shape index (κ1) is 13.8. The Morgan fingerprint density at radius 2 is 2.05 bits per heavy atom. The van der Waals surface area contributed by atoms with Crippen LogP contribution in [0.1, 0.15) is 35.3 Å². The molecular weight excluding hydrogens is 250 g/mol. The first-order valence-electron chi connectivity index (χ1n) is 6.39. The molecule has 0 bridgehead atoms. The molecule has 5 heteroatoms. The fourth-order valence-electron chi connectivity index (χ4n) is 1.96. The minimum absolute atomic E-state index is 0.0120. The van der Waals surface area contributed by atoms with Gasteiger partial charge in [0.1, 0.15) is 11.6 Å². The van der Waals surface area contributed by atoms with E-state index < -0.39 is 0 Å². The van der Waals surface area contributed by atoms with Gasteiger partial charge in [-0.15, -0.1) is 5.10 Å². The van der Waals surface area contributed by atoms with E-state index in [9.17, 15) is 5.26 Å². The number of nitrogen functional groups attached to an aromatic ring is 1. The van der Waals surface area contributed by atoms with Gasteiger partial charge in [-0.2, -0.15) is 10.4 Å². The summed E-state index contributed by atoms with van der Waals surface area (Å²) in [4.78, 5) is 0. The molecule has 0 amide bonds. The van der Waals surface area contributed by atoms with Crippen LogP contribution in [0.5, 0.6) is 0 Å². The fraction of sp³-hybridized carbons (Fsp3) is 0.267. The second kappa shape index (κ2) is 5.57. The minimum Gasteiger partial charge on any atom is -0.399 e. The highest BCUT2D eigenvalue weighted by Crippen LogP contribution is 2.23. The van der Waals surface area contributed by atoms with Crippen molar-refractivity contribution in [2.45, 2.75) is 26.8 Å². The Morgan fingerprint density at radius 1 is 1.30 bits per heavy atom. The third-order valence-electron chi connectivity index (χ3n) is 3.33. The standard InChI is InChI=1S/C15H17N5/c1-9-10(2)19-20-15(14(9)8-16)18-11(3)12-5-4-6-13(17)7-12/h4-7,11H,17H2,1-3H3,(H,18,20). The first-order chi connectivity index (χ1) is 9.52. The van der Waals surface area contributed by atoms with E-state index in [0.29, 0.717) is 17.1 Å². The minimum atomic E-state index is -0.0120. The summed E-state index contributed by atoms with van der Waals surface area (Å²) < 4.78 is 0. The molecule has 2 rings (SSSR count). The zero-order chi connectivity index (χ0) is 14.7. The van der Waals surface area contributed by atoms with Crippen molar-refractivity contribution >= 4 is 11.5 Å². The Bertz CT molecular complexity index is 672. The Balaban J connectivity index is 2.31. The van der Waals surface area contributed by atoms with Gasteiger partial charge in [0.15, 0.2) is 5.82 Å². The molecule has 0 fully saturated rings. The summed E-state index contributed by atoms with van der Waals surface area (Å²) in [6, 6.07) is 9.80. The largest absolute Gasteiger partial charge is 0.399 e. The lowest BCUT2D eigenvalue weighted by Gasteiger charge is -2.16. The average molecular weight is 267 g/mol. The summed E-state index contributed by atoms with van der Waals surface area (Å²) in [6.07, 6.45) is 0. The molecule has 5 nitrogen and oxygen atoms in total. The number of nitrogens with two attached hydrogens (primary N) is 1. The van der Waals surface area contributed by atoms with Gasteiger partial charge in [-0.3, -0.25) is 0 Å². The van der Waals surface area contributed by atoms with Gasteiger partial charge < -0.3 is 11.1 Å². The Kier molecular flexibility index (Phi) is 3.85. The van der Waals surface area contributed by atoms with Gasteiger partial charge in [0.2, 0.25) is 0 Å². The first-order valence-corrected chi connectivity index (χ1v) is 6.39. The number of nitriles is 1. The van der Waals surface area contributed by atoms with Crippen LogP contribution in [0.3, 0.4) is 0 Å². The third kappa shape index (κ3) is 2.69. The van der Waals surface area contributed by atoms with Crippen molar-refractivity contribution in [3.8, 4) is 6.07 Å². The van der Waals surface area contributed by atoms with E-state index in [1.54, 1.807) is 0 Å². The fourth-order valence-corrected chi connectivity index (χ4v) is 1.96. The van der Waals surface area contributed by atoms with Gasteiger partial charge in [-0.05, 0) is 44.0 Å². The van der Waals surface area contributed by atoms with Crippen LogP contribution in [0, 0.1) is 25.2 Å². The molecule has 1 atom stereocenters. The van der Waals surface area contributed by atoms with Gasteiger partial charge >= 0.3 is 0 Å². The summed E-state index contributed by atoms with van der Waals surface area (Å²) in [7, 11) is 0. The number of aryl methyl sites for hydroxylation is 1. The highest BCUT2D eigenvalue weighted by molar-refractivity contribution is 5.57. The second-order valence-corrected chi connectivity index (χ2v) is 4.78. The smallest absolute Gasteiger partial charge is 0.167 e. The van der Waals surface area contributed by atoms with Crippen LogP contribution in [0.15, 0.2) is 24.3 Å². The van der Waals surface area contributed by atoms with E-state index in [0.717, 1.165) is 16.8 Å². The van der Waals surface area contributed by atoms with Crippen molar-refractivity contribution in [2.75, 3.05) is 11.1 Å². The molecule has 0 saturated heterocycles. The molecule has 1 aromatic carbocycles. The van der Waals surface area contributed by atoms with Crippen LogP contribution in [-0.4, -0.2) is 10.2 Å². The zero-order valence-corrected chi connectivity index (χ0v) is 11.8. The van der Waals surface area contributed by atoms with E-state index in [1.807, 2.05) is 45.0 Å². The number of aromatic nitrogens is 2. The number of nitrogens with zero attached hydrogens (tertiary/aromatic N) is 3. The maximum atomic E-state index is 9.27. The Morgan fingerprint density at radius 3 is 2.70 bits per heavy atom. The molecule has 0 aliphatic heterocycles. The van der Waals surface area contributed by atoms with E-state index in [4.69, 9.17) is 5.73 Å². The number of benzene rings is 1. The van der Waals surface area contributed by atoms with Crippen LogP contribution in [0.4, 0.5) is 11.5 Å². The van der Waals surface area contributed by atoms with E-state index in [-0.39, 0.29) is 6.04 Å². The summed E-state index contributed by atoms with van der Waals surface area (Å²) in [6.45, 7) is 5.71. The Hall–Kier alpha value is -2.61. The van der Waals surface area contributed by atoms with Crippen molar-refractivity contribution in [3.05, 3.63) is 46.6 Å². The quantitative estimate of drug-likeness (QED) is 0.835. The highest BCUT2D eigenvalue weighted by atomic mass is 15.2. The maximum absolute atomic E-state index is 9.27. The van der Waals surface area contributed by atoms with Gasteiger partial charge in [0.05, 0.1) is 11.7 Å². The number of hydrogen-bond acceptors (Lipinski definition) is 5. The van der Waals surface area contributed by atoms with Crippen molar-refractivity contribution in [2.24, 2.45) is 0 Å². The molecule has 0 saturated carbocycles.